The maximum absolute atomic E-state index is 11.9. The van der Waals surface area contributed by atoms with Crippen LogP contribution < -0.4 is 5.56 Å². The maximum Gasteiger partial charge on any atom is 0.254 e. The van der Waals surface area contributed by atoms with Crippen molar-refractivity contribution >= 4 is 0 Å². The van der Waals surface area contributed by atoms with Crippen molar-refractivity contribution in [2.24, 2.45) is 0 Å². The second kappa shape index (κ2) is 4.37. The number of hydrogen-bond donors (Lipinski definition) is 1. The SMILES string of the molecule is Cc1nc(C2CCOC2)[nH]c(=O)c1C(C)C. The summed E-state index contributed by atoms with van der Waals surface area (Å²) in [7, 11) is 0. The monoisotopic (exact) mass is 222 g/mol. The summed E-state index contributed by atoms with van der Waals surface area (Å²) in [6, 6.07) is 0. The molecule has 1 atom stereocenters. The Labute approximate surface area is 95.1 Å². The van der Waals surface area contributed by atoms with Gasteiger partial charge in [0.25, 0.3) is 5.56 Å². The van der Waals surface area contributed by atoms with E-state index in [0.717, 1.165) is 30.1 Å². The van der Waals surface area contributed by atoms with E-state index in [1.165, 1.54) is 0 Å². The van der Waals surface area contributed by atoms with Crippen LogP contribution in [0.2, 0.25) is 0 Å². The lowest BCUT2D eigenvalue weighted by molar-refractivity contribution is 0.193. The van der Waals surface area contributed by atoms with Crippen LogP contribution >= 0.6 is 0 Å². The fourth-order valence-electron chi connectivity index (χ4n) is 2.24. The zero-order chi connectivity index (χ0) is 11.7. The first kappa shape index (κ1) is 11.3. The second-order valence-corrected chi connectivity index (χ2v) is 4.67. The summed E-state index contributed by atoms with van der Waals surface area (Å²) in [4.78, 5) is 19.3. The van der Waals surface area contributed by atoms with Gasteiger partial charge in [0.2, 0.25) is 0 Å². The first-order valence-corrected chi connectivity index (χ1v) is 5.78. The minimum atomic E-state index is 0.00407. The zero-order valence-corrected chi connectivity index (χ0v) is 10.0. The third kappa shape index (κ3) is 2.02. The van der Waals surface area contributed by atoms with E-state index >= 15 is 0 Å². The fraction of sp³-hybridized carbons (Fsp3) is 0.667. The molecule has 0 spiro atoms. The van der Waals surface area contributed by atoms with E-state index in [4.69, 9.17) is 4.74 Å². The van der Waals surface area contributed by atoms with Crippen LogP contribution in [0.25, 0.3) is 0 Å². The lowest BCUT2D eigenvalue weighted by Gasteiger charge is -2.12. The van der Waals surface area contributed by atoms with Crippen molar-refractivity contribution in [3.63, 3.8) is 0 Å². The van der Waals surface area contributed by atoms with Crippen molar-refractivity contribution in [3.8, 4) is 0 Å². The lowest BCUT2D eigenvalue weighted by Crippen LogP contribution is -2.21. The van der Waals surface area contributed by atoms with Crippen molar-refractivity contribution in [1.29, 1.82) is 0 Å². The summed E-state index contributed by atoms with van der Waals surface area (Å²) >= 11 is 0. The molecule has 2 heterocycles. The highest BCUT2D eigenvalue weighted by atomic mass is 16.5. The number of aryl methyl sites for hydroxylation is 1. The summed E-state index contributed by atoms with van der Waals surface area (Å²) in [5.41, 5.74) is 1.65. The van der Waals surface area contributed by atoms with Crippen LogP contribution in [-0.4, -0.2) is 23.2 Å². The van der Waals surface area contributed by atoms with Gasteiger partial charge in [0.1, 0.15) is 5.82 Å². The highest BCUT2D eigenvalue weighted by Crippen LogP contribution is 2.22. The maximum atomic E-state index is 11.9. The second-order valence-electron chi connectivity index (χ2n) is 4.67. The smallest absolute Gasteiger partial charge is 0.254 e. The summed E-state index contributed by atoms with van der Waals surface area (Å²) in [5.74, 6) is 1.25. The normalized spacial score (nSPS) is 20.6. The van der Waals surface area contributed by atoms with Gasteiger partial charge in [-0.05, 0) is 19.3 Å². The van der Waals surface area contributed by atoms with Gasteiger partial charge in [-0.3, -0.25) is 4.79 Å². The Kier molecular flexibility index (Phi) is 3.10. The molecule has 4 heteroatoms. The van der Waals surface area contributed by atoms with Crippen LogP contribution in [0.4, 0.5) is 0 Å². The van der Waals surface area contributed by atoms with Gasteiger partial charge in [-0.15, -0.1) is 0 Å². The van der Waals surface area contributed by atoms with E-state index in [2.05, 4.69) is 9.97 Å². The van der Waals surface area contributed by atoms with Crippen LogP contribution in [0, 0.1) is 6.92 Å². The van der Waals surface area contributed by atoms with Crippen LogP contribution in [0.3, 0.4) is 0 Å². The van der Waals surface area contributed by atoms with Gasteiger partial charge < -0.3 is 9.72 Å². The van der Waals surface area contributed by atoms with Gasteiger partial charge in [-0.1, -0.05) is 13.8 Å². The molecule has 1 aromatic rings. The number of aromatic nitrogens is 2. The minimum Gasteiger partial charge on any atom is -0.381 e. The van der Waals surface area contributed by atoms with E-state index in [9.17, 15) is 4.79 Å². The molecule has 0 radical (unpaired) electrons. The molecule has 4 nitrogen and oxygen atoms in total. The molecule has 1 fully saturated rings. The van der Waals surface area contributed by atoms with Gasteiger partial charge in [-0.2, -0.15) is 0 Å². The van der Waals surface area contributed by atoms with E-state index < -0.39 is 0 Å². The summed E-state index contributed by atoms with van der Waals surface area (Å²) in [6.07, 6.45) is 0.948. The summed E-state index contributed by atoms with van der Waals surface area (Å²) < 4.78 is 5.31. The average molecular weight is 222 g/mol. The molecule has 0 aromatic carbocycles. The molecule has 1 aliphatic heterocycles. The minimum absolute atomic E-state index is 0.00407. The van der Waals surface area contributed by atoms with Crippen LogP contribution in [0.1, 0.15) is 49.2 Å². The molecule has 0 amide bonds. The molecule has 88 valence electrons. The van der Waals surface area contributed by atoms with Gasteiger partial charge >= 0.3 is 0 Å². The van der Waals surface area contributed by atoms with E-state index in [1.807, 2.05) is 20.8 Å². The molecule has 1 saturated heterocycles. The Morgan fingerprint density at radius 1 is 1.50 bits per heavy atom. The fourth-order valence-corrected chi connectivity index (χ4v) is 2.24. The van der Waals surface area contributed by atoms with Crippen molar-refractivity contribution < 1.29 is 4.74 Å². The first-order chi connectivity index (χ1) is 7.59. The van der Waals surface area contributed by atoms with Crippen molar-refractivity contribution in [3.05, 3.63) is 27.4 Å². The molecule has 0 bridgehead atoms. The molecule has 16 heavy (non-hydrogen) atoms. The highest BCUT2D eigenvalue weighted by molar-refractivity contribution is 5.21. The number of aromatic amines is 1. The van der Waals surface area contributed by atoms with E-state index in [0.29, 0.717) is 6.61 Å². The Balaban J connectivity index is 2.40. The first-order valence-electron chi connectivity index (χ1n) is 5.78. The molecule has 0 aliphatic carbocycles. The third-order valence-electron chi connectivity index (χ3n) is 3.06. The molecule has 1 aromatic heterocycles. The quantitative estimate of drug-likeness (QED) is 0.828. The van der Waals surface area contributed by atoms with E-state index in [-0.39, 0.29) is 17.4 Å². The molecule has 1 aliphatic rings. The van der Waals surface area contributed by atoms with Gasteiger partial charge in [-0.25, -0.2) is 4.98 Å². The Hall–Kier alpha value is -1.16. The Morgan fingerprint density at radius 2 is 2.25 bits per heavy atom. The summed E-state index contributed by atoms with van der Waals surface area (Å²) in [6.45, 7) is 7.36. The number of ether oxygens (including phenoxy) is 1. The average Bonchev–Trinajstić information content (AvgIpc) is 2.67. The Morgan fingerprint density at radius 3 is 2.75 bits per heavy atom. The standard InChI is InChI=1S/C12H18N2O2/c1-7(2)10-8(3)13-11(14-12(10)15)9-4-5-16-6-9/h7,9H,4-6H2,1-3H3,(H,13,14,15). The van der Waals surface area contributed by atoms with Crippen molar-refractivity contribution in [2.75, 3.05) is 13.2 Å². The van der Waals surface area contributed by atoms with Crippen molar-refractivity contribution in [1.82, 2.24) is 9.97 Å². The van der Waals surface area contributed by atoms with Crippen LogP contribution in [0.5, 0.6) is 0 Å². The molecular formula is C12H18N2O2. The highest BCUT2D eigenvalue weighted by Gasteiger charge is 2.22. The molecule has 0 saturated carbocycles. The third-order valence-corrected chi connectivity index (χ3v) is 3.06. The number of nitrogens with one attached hydrogen (secondary N) is 1. The predicted molar refractivity (Wildman–Crippen MR) is 61.9 cm³/mol. The number of hydrogen-bond acceptors (Lipinski definition) is 3. The van der Waals surface area contributed by atoms with E-state index in [1.54, 1.807) is 0 Å². The molecular weight excluding hydrogens is 204 g/mol. The van der Waals surface area contributed by atoms with Crippen LogP contribution in [0.15, 0.2) is 4.79 Å². The number of H-pyrrole nitrogens is 1. The van der Waals surface area contributed by atoms with Gasteiger partial charge in [0, 0.05) is 23.8 Å². The molecule has 1 unspecified atom stereocenters. The lowest BCUT2D eigenvalue weighted by atomic mass is 10.0. The molecule has 1 N–H and O–H groups in total. The van der Waals surface area contributed by atoms with Gasteiger partial charge in [0.15, 0.2) is 0 Å². The Bertz CT molecular complexity index is 431. The predicted octanol–water partition coefficient (Wildman–Crippen LogP) is 1.71. The zero-order valence-electron chi connectivity index (χ0n) is 10.0. The van der Waals surface area contributed by atoms with Gasteiger partial charge in [0.05, 0.1) is 6.61 Å². The van der Waals surface area contributed by atoms with Crippen molar-refractivity contribution in [2.45, 2.75) is 39.0 Å². The number of nitrogens with zero attached hydrogens (tertiary/aromatic N) is 1. The topological polar surface area (TPSA) is 55.0 Å². The largest absolute Gasteiger partial charge is 0.381 e. The summed E-state index contributed by atoms with van der Waals surface area (Å²) in [5, 5.41) is 0. The van der Waals surface area contributed by atoms with Crippen LogP contribution in [-0.2, 0) is 4.74 Å². The number of rotatable bonds is 2. The molecule has 2 rings (SSSR count).